The fraction of sp³-hybridized carbons (Fsp3) is 0.889. The Balaban J connectivity index is 0.00000225. The number of nitrogens with zero attached hydrogens (tertiary/aromatic N) is 1. The number of carbonyl (C=O) groups excluding carboxylic acids is 1. The maximum atomic E-state index is 11.7. The first-order valence-electron chi connectivity index (χ1n) is 4.94. The Hall–Kier alpha value is -0.330. The Bertz CT molecular complexity index is 365. The van der Waals surface area contributed by atoms with E-state index in [1.165, 1.54) is 4.90 Å². The van der Waals surface area contributed by atoms with Gasteiger partial charge in [0.05, 0.1) is 16.5 Å². The zero-order chi connectivity index (χ0) is 11.9. The minimum absolute atomic E-state index is 0. The number of carbonyl (C=O) groups is 1. The molecule has 7 heteroatoms. The molecule has 0 bridgehead atoms. The van der Waals surface area contributed by atoms with Gasteiger partial charge < -0.3 is 10.6 Å². The summed E-state index contributed by atoms with van der Waals surface area (Å²) in [5.74, 6) is -0.156. The molecule has 0 aromatic heterocycles. The van der Waals surface area contributed by atoms with E-state index < -0.39 is 20.6 Å². The molecule has 1 fully saturated rings. The predicted molar refractivity (Wildman–Crippen MR) is 65.3 cm³/mol. The molecule has 1 amide bonds. The molecule has 0 spiro atoms. The van der Waals surface area contributed by atoms with Gasteiger partial charge in [-0.25, -0.2) is 8.42 Å². The van der Waals surface area contributed by atoms with Crippen LogP contribution in [0.15, 0.2) is 0 Å². The molecular weight excluding hydrogens is 252 g/mol. The third-order valence-corrected chi connectivity index (χ3v) is 5.28. The van der Waals surface area contributed by atoms with Crippen LogP contribution in [0.25, 0.3) is 0 Å². The number of halogens is 1. The largest absolute Gasteiger partial charge is 0.339 e. The summed E-state index contributed by atoms with van der Waals surface area (Å²) in [6.45, 7) is 5.38. The molecule has 16 heavy (non-hydrogen) atoms. The molecule has 1 aliphatic heterocycles. The zero-order valence-corrected chi connectivity index (χ0v) is 11.4. The SMILES string of the molecule is C[C@H](N)C(=O)N1CCS(=O)(=O)C(C)(C)C1.Cl. The lowest BCUT2D eigenvalue weighted by atomic mass is 10.1. The highest BCUT2D eigenvalue weighted by Gasteiger charge is 2.41. The van der Waals surface area contributed by atoms with Gasteiger partial charge in [-0.1, -0.05) is 0 Å². The number of amides is 1. The highest BCUT2D eigenvalue weighted by Crippen LogP contribution is 2.23. The molecule has 5 nitrogen and oxygen atoms in total. The Labute approximate surface area is 103 Å². The van der Waals surface area contributed by atoms with Crippen molar-refractivity contribution in [1.29, 1.82) is 0 Å². The van der Waals surface area contributed by atoms with E-state index in [1.807, 2.05) is 0 Å². The summed E-state index contributed by atoms with van der Waals surface area (Å²) in [5.41, 5.74) is 5.48. The van der Waals surface area contributed by atoms with Gasteiger partial charge in [0.15, 0.2) is 9.84 Å². The van der Waals surface area contributed by atoms with Gasteiger partial charge in [-0.2, -0.15) is 0 Å². The van der Waals surface area contributed by atoms with E-state index in [9.17, 15) is 13.2 Å². The van der Waals surface area contributed by atoms with E-state index in [4.69, 9.17) is 5.73 Å². The maximum Gasteiger partial charge on any atom is 0.239 e. The summed E-state index contributed by atoms with van der Waals surface area (Å²) in [4.78, 5) is 13.1. The zero-order valence-electron chi connectivity index (χ0n) is 9.76. The fourth-order valence-corrected chi connectivity index (χ4v) is 2.99. The first kappa shape index (κ1) is 15.7. The van der Waals surface area contributed by atoms with E-state index >= 15 is 0 Å². The third kappa shape index (κ3) is 2.87. The van der Waals surface area contributed by atoms with Crippen molar-refractivity contribution in [2.45, 2.75) is 31.6 Å². The van der Waals surface area contributed by atoms with Gasteiger partial charge in [-0.3, -0.25) is 4.79 Å². The molecule has 0 saturated carbocycles. The van der Waals surface area contributed by atoms with Crippen LogP contribution in [0, 0.1) is 0 Å². The fourth-order valence-electron chi connectivity index (χ4n) is 1.62. The van der Waals surface area contributed by atoms with E-state index in [0.29, 0.717) is 0 Å². The number of rotatable bonds is 1. The van der Waals surface area contributed by atoms with Gasteiger partial charge in [0.1, 0.15) is 0 Å². The van der Waals surface area contributed by atoms with Crippen LogP contribution in [0.3, 0.4) is 0 Å². The summed E-state index contributed by atoms with van der Waals surface area (Å²) in [7, 11) is -3.09. The summed E-state index contributed by atoms with van der Waals surface area (Å²) in [6, 6.07) is -0.568. The number of sulfone groups is 1. The summed E-state index contributed by atoms with van der Waals surface area (Å²) in [5, 5.41) is 0. The Morgan fingerprint density at radius 1 is 1.44 bits per heavy atom. The molecule has 1 aliphatic rings. The van der Waals surface area contributed by atoms with E-state index in [-0.39, 0.29) is 37.2 Å². The normalized spacial score (nSPS) is 24.4. The molecule has 1 rings (SSSR count). The van der Waals surface area contributed by atoms with Crippen LogP contribution < -0.4 is 5.73 Å². The van der Waals surface area contributed by atoms with Crippen LogP contribution >= 0.6 is 12.4 Å². The smallest absolute Gasteiger partial charge is 0.239 e. The van der Waals surface area contributed by atoms with Crippen molar-refractivity contribution in [2.75, 3.05) is 18.8 Å². The monoisotopic (exact) mass is 270 g/mol. The molecule has 0 radical (unpaired) electrons. The summed E-state index contributed by atoms with van der Waals surface area (Å²) < 4.78 is 22.5. The second kappa shape index (κ2) is 4.89. The lowest BCUT2D eigenvalue weighted by Crippen LogP contribution is -2.57. The van der Waals surface area contributed by atoms with E-state index in [2.05, 4.69) is 0 Å². The van der Waals surface area contributed by atoms with Crippen molar-refractivity contribution in [2.24, 2.45) is 5.73 Å². The Kier molecular flexibility index (Phi) is 4.79. The average Bonchev–Trinajstić information content (AvgIpc) is 2.08. The number of hydrogen-bond donors (Lipinski definition) is 1. The van der Waals surface area contributed by atoms with Gasteiger partial charge in [0.2, 0.25) is 5.91 Å². The molecule has 96 valence electrons. The Morgan fingerprint density at radius 2 is 1.94 bits per heavy atom. The predicted octanol–water partition coefficient (Wildman–Crippen LogP) is -0.209. The highest BCUT2D eigenvalue weighted by molar-refractivity contribution is 7.92. The molecule has 1 saturated heterocycles. The first-order valence-corrected chi connectivity index (χ1v) is 6.59. The molecular formula is C9H19ClN2O3S. The van der Waals surface area contributed by atoms with Crippen molar-refractivity contribution in [3.05, 3.63) is 0 Å². The molecule has 1 heterocycles. The van der Waals surface area contributed by atoms with Gasteiger partial charge in [0.25, 0.3) is 0 Å². The standard InChI is InChI=1S/C9H18N2O3S.ClH/c1-7(10)8(12)11-4-5-15(13,14)9(2,3)6-11;/h7H,4-6,10H2,1-3H3;1H/t7-;/m0./s1. The van der Waals surface area contributed by atoms with E-state index in [1.54, 1.807) is 20.8 Å². The van der Waals surface area contributed by atoms with Crippen LogP contribution in [0.4, 0.5) is 0 Å². The van der Waals surface area contributed by atoms with Crippen LogP contribution in [0.1, 0.15) is 20.8 Å². The van der Waals surface area contributed by atoms with Crippen molar-refractivity contribution in [1.82, 2.24) is 4.90 Å². The lowest BCUT2D eigenvalue weighted by molar-refractivity contribution is -0.132. The first-order chi connectivity index (χ1) is 6.67. The van der Waals surface area contributed by atoms with Gasteiger partial charge in [-0.05, 0) is 20.8 Å². The third-order valence-electron chi connectivity index (χ3n) is 2.74. The van der Waals surface area contributed by atoms with Crippen molar-refractivity contribution >= 4 is 28.2 Å². The van der Waals surface area contributed by atoms with Crippen LogP contribution in [-0.2, 0) is 14.6 Å². The van der Waals surface area contributed by atoms with Crippen molar-refractivity contribution < 1.29 is 13.2 Å². The summed E-state index contributed by atoms with van der Waals surface area (Å²) >= 11 is 0. The van der Waals surface area contributed by atoms with Gasteiger partial charge in [-0.15, -0.1) is 12.4 Å². The van der Waals surface area contributed by atoms with Crippen molar-refractivity contribution in [3.63, 3.8) is 0 Å². The second-order valence-corrected chi connectivity index (χ2v) is 7.37. The highest BCUT2D eigenvalue weighted by atomic mass is 35.5. The molecule has 0 unspecified atom stereocenters. The maximum absolute atomic E-state index is 11.7. The second-order valence-electron chi connectivity index (χ2n) is 4.63. The van der Waals surface area contributed by atoms with Gasteiger partial charge in [0, 0.05) is 13.1 Å². The number of hydrogen-bond acceptors (Lipinski definition) is 4. The number of nitrogens with two attached hydrogens (primary N) is 1. The van der Waals surface area contributed by atoms with Crippen LogP contribution in [-0.4, -0.2) is 48.9 Å². The molecule has 1 atom stereocenters. The molecule has 0 aliphatic carbocycles. The van der Waals surface area contributed by atoms with Crippen LogP contribution in [0.2, 0.25) is 0 Å². The minimum atomic E-state index is -3.09. The van der Waals surface area contributed by atoms with E-state index in [0.717, 1.165) is 0 Å². The van der Waals surface area contributed by atoms with Crippen LogP contribution in [0.5, 0.6) is 0 Å². The Morgan fingerprint density at radius 3 is 2.31 bits per heavy atom. The van der Waals surface area contributed by atoms with Gasteiger partial charge >= 0.3 is 0 Å². The molecule has 0 aromatic carbocycles. The van der Waals surface area contributed by atoms with Crippen molar-refractivity contribution in [3.8, 4) is 0 Å². The minimum Gasteiger partial charge on any atom is -0.339 e. The summed E-state index contributed by atoms with van der Waals surface area (Å²) in [6.07, 6.45) is 0. The average molecular weight is 271 g/mol. The quantitative estimate of drug-likeness (QED) is 0.715. The topological polar surface area (TPSA) is 80.5 Å². The molecule has 2 N–H and O–H groups in total. The lowest BCUT2D eigenvalue weighted by Gasteiger charge is -2.38. The molecule has 0 aromatic rings.